The number of fused-ring (bicyclic) bond motifs is 1. The number of benzene rings is 2. The van der Waals surface area contributed by atoms with Gasteiger partial charge in [0.25, 0.3) is 5.91 Å². The first-order valence-corrected chi connectivity index (χ1v) is 9.54. The monoisotopic (exact) mass is 398 g/mol. The summed E-state index contributed by atoms with van der Waals surface area (Å²) in [7, 11) is 0. The number of carbonyl (C=O) groups excluding carboxylic acids is 1. The number of ether oxygens (including phenoxy) is 1. The van der Waals surface area contributed by atoms with Gasteiger partial charge in [-0.05, 0) is 67.1 Å². The van der Waals surface area contributed by atoms with Gasteiger partial charge < -0.3 is 14.7 Å². The summed E-state index contributed by atoms with van der Waals surface area (Å²) in [6.07, 6.45) is -0.0923. The van der Waals surface area contributed by atoms with E-state index < -0.39 is 23.9 Å². The fraction of sp³-hybridized carbons (Fsp3) is 0.364. The van der Waals surface area contributed by atoms with Gasteiger partial charge in [-0.2, -0.15) is 5.26 Å². The number of hydrogen-bond acceptors (Lipinski definition) is 4. The van der Waals surface area contributed by atoms with Crippen LogP contribution in [0.4, 0.5) is 8.78 Å². The van der Waals surface area contributed by atoms with E-state index in [0.29, 0.717) is 31.7 Å². The maximum absolute atomic E-state index is 14.2. The fourth-order valence-corrected chi connectivity index (χ4v) is 4.30. The van der Waals surface area contributed by atoms with Crippen LogP contribution in [-0.2, 0) is 0 Å². The summed E-state index contributed by atoms with van der Waals surface area (Å²) in [5.41, 5.74) is 0.111. The molecule has 0 spiro atoms. The van der Waals surface area contributed by atoms with Gasteiger partial charge in [-0.25, -0.2) is 8.78 Å². The van der Waals surface area contributed by atoms with E-state index in [-0.39, 0.29) is 28.8 Å². The highest BCUT2D eigenvalue weighted by Crippen LogP contribution is 2.38. The van der Waals surface area contributed by atoms with Crippen molar-refractivity contribution < 1.29 is 23.4 Å². The van der Waals surface area contributed by atoms with Gasteiger partial charge in [0.05, 0.1) is 23.3 Å². The number of carbonyl (C=O) groups is 1. The lowest BCUT2D eigenvalue weighted by molar-refractivity contribution is -0.0231. The molecule has 1 saturated heterocycles. The molecule has 1 aliphatic heterocycles. The molecule has 7 heteroatoms. The molecule has 1 N–H and O–H groups in total. The zero-order valence-corrected chi connectivity index (χ0v) is 15.6. The summed E-state index contributed by atoms with van der Waals surface area (Å²) in [5.74, 6) is -0.743. The summed E-state index contributed by atoms with van der Waals surface area (Å²) < 4.78 is 33.1. The summed E-state index contributed by atoms with van der Waals surface area (Å²) >= 11 is 0. The van der Waals surface area contributed by atoms with Crippen LogP contribution in [0.3, 0.4) is 0 Å². The number of amides is 1. The minimum atomic E-state index is -0.707. The third kappa shape index (κ3) is 3.94. The Hall–Kier alpha value is -2.98. The van der Waals surface area contributed by atoms with E-state index >= 15 is 0 Å². The van der Waals surface area contributed by atoms with Crippen molar-refractivity contribution in [3.05, 3.63) is 65.2 Å². The van der Waals surface area contributed by atoms with Gasteiger partial charge in [0.15, 0.2) is 0 Å². The molecule has 2 aromatic carbocycles. The Morgan fingerprint density at radius 2 is 1.79 bits per heavy atom. The molecule has 29 heavy (non-hydrogen) atoms. The number of hydrogen-bond donors (Lipinski definition) is 1. The van der Waals surface area contributed by atoms with Crippen LogP contribution in [0.15, 0.2) is 42.5 Å². The lowest BCUT2D eigenvalue weighted by Crippen LogP contribution is -2.42. The lowest BCUT2D eigenvalue weighted by Gasteiger charge is -2.35. The third-order valence-corrected chi connectivity index (χ3v) is 5.80. The molecular formula is C22H20F2N2O3. The topological polar surface area (TPSA) is 73.6 Å². The SMILES string of the molecule is N#Cc1ccc(C(=O)N2C[C@H]3C[C@@H](Oc4ccc(F)cc4)[C@H](O)C[C@H]3C2)c(F)c1. The lowest BCUT2D eigenvalue weighted by atomic mass is 9.78. The molecule has 1 heterocycles. The van der Waals surface area contributed by atoms with Gasteiger partial charge in [0.1, 0.15) is 23.5 Å². The van der Waals surface area contributed by atoms with E-state index in [1.165, 1.54) is 36.4 Å². The van der Waals surface area contributed by atoms with Crippen LogP contribution in [0.5, 0.6) is 5.75 Å². The molecule has 4 rings (SSSR count). The van der Waals surface area contributed by atoms with Gasteiger partial charge in [-0.15, -0.1) is 0 Å². The second-order valence-corrected chi connectivity index (χ2v) is 7.69. The Kier molecular flexibility index (Phi) is 5.20. The third-order valence-electron chi connectivity index (χ3n) is 5.80. The molecule has 2 fully saturated rings. The molecule has 4 atom stereocenters. The van der Waals surface area contributed by atoms with Crippen molar-refractivity contribution >= 4 is 5.91 Å². The van der Waals surface area contributed by atoms with Crippen molar-refractivity contribution in [1.29, 1.82) is 5.26 Å². The number of rotatable bonds is 3. The van der Waals surface area contributed by atoms with Gasteiger partial charge in [-0.1, -0.05) is 0 Å². The summed E-state index contributed by atoms with van der Waals surface area (Å²) in [6, 6.07) is 11.3. The first-order valence-electron chi connectivity index (χ1n) is 9.54. The Morgan fingerprint density at radius 1 is 1.10 bits per heavy atom. The molecule has 0 bridgehead atoms. The normalized spacial score (nSPS) is 25.9. The smallest absolute Gasteiger partial charge is 0.256 e. The van der Waals surface area contributed by atoms with Crippen LogP contribution in [0.25, 0.3) is 0 Å². The Balaban J connectivity index is 1.44. The molecular weight excluding hydrogens is 378 g/mol. The summed E-state index contributed by atoms with van der Waals surface area (Å²) in [4.78, 5) is 14.4. The average Bonchev–Trinajstić information content (AvgIpc) is 3.12. The maximum Gasteiger partial charge on any atom is 0.256 e. The predicted molar refractivity (Wildman–Crippen MR) is 100 cm³/mol. The summed E-state index contributed by atoms with van der Waals surface area (Å²) in [5, 5.41) is 19.3. The number of aliphatic hydroxyl groups excluding tert-OH is 1. The molecule has 0 unspecified atom stereocenters. The molecule has 150 valence electrons. The average molecular weight is 398 g/mol. The predicted octanol–water partition coefficient (Wildman–Crippen LogP) is 3.13. The molecule has 1 amide bonds. The molecule has 0 aromatic heterocycles. The fourth-order valence-electron chi connectivity index (χ4n) is 4.30. The Morgan fingerprint density at radius 3 is 2.45 bits per heavy atom. The molecule has 2 aliphatic rings. The van der Waals surface area contributed by atoms with Crippen LogP contribution >= 0.6 is 0 Å². The Bertz CT molecular complexity index is 958. The minimum absolute atomic E-state index is 0.0534. The zero-order valence-electron chi connectivity index (χ0n) is 15.6. The molecule has 1 aliphatic carbocycles. The van der Waals surface area contributed by atoms with E-state index in [1.54, 1.807) is 4.90 Å². The zero-order chi connectivity index (χ0) is 20.5. The second kappa shape index (κ2) is 7.80. The second-order valence-electron chi connectivity index (χ2n) is 7.69. The quantitative estimate of drug-likeness (QED) is 0.862. The maximum atomic E-state index is 14.2. The van der Waals surface area contributed by atoms with Crippen LogP contribution in [0.1, 0.15) is 28.8 Å². The van der Waals surface area contributed by atoms with Crippen molar-refractivity contribution in [2.24, 2.45) is 11.8 Å². The number of likely N-dealkylation sites (tertiary alicyclic amines) is 1. The Labute approximate surface area is 167 Å². The van der Waals surface area contributed by atoms with E-state index in [1.807, 2.05) is 6.07 Å². The van der Waals surface area contributed by atoms with Gasteiger partial charge >= 0.3 is 0 Å². The highest BCUT2D eigenvalue weighted by molar-refractivity contribution is 5.94. The van der Waals surface area contributed by atoms with Crippen molar-refractivity contribution in [2.75, 3.05) is 13.1 Å². The van der Waals surface area contributed by atoms with Crippen molar-refractivity contribution in [3.63, 3.8) is 0 Å². The first kappa shape index (κ1) is 19.3. The molecule has 5 nitrogen and oxygen atoms in total. The van der Waals surface area contributed by atoms with Gasteiger partial charge in [0, 0.05) is 13.1 Å². The highest BCUT2D eigenvalue weighted by Gasteiger charge is 2.44. The number of nitrogens with zero attached hydrogens (tertiary/aromatic N) is 2. The van der Waals surface area contributed by atoms with Crippen LogP contribution < -0.4 is 4.74 Å². The number of halogens is 2. The van der Waals surface area contributed by atoms with Crippen LogP contribution in [0.2, 0.25) is 0 Å². The van der Waals surface area contributed by atoms with Crippen molar-refractivity contribution in [3.8, 4) is 11.8 Å². The molecule has 1 saturated carbocycles. The van der Waals surface area contributed by atoms with Gasteiger partial charge in [-0.3, -0.25) is 4.79 Å². The van der Waals surface area contributed by atoms with Crippen molar-refractivity contribution in [1.82, 2.24) is 4.90 Å². The van der Waals surface area contributed by atoms with Crippen LogP contribution in [0, 0.1) is 34.8 Å². The first-order chi connectivity index (χ1) is 13.9. The minimum Gasteiger partial charge on any atom is -0.488 e. The number of aliphatic hydroxyl groups is 1. The van der Waals surface area contributed by atoms with E-state index in [4.69, 9.17) is 10.00 Å². The van der Waals surface area contributed by atoms with E-state index in [2.05, 4.69) is 0 Å². The van der Waals surface area contributed by atoms with E-state index in [9.17, 15) is 18.7 Å². The van der Waals surface area contributed by atoms with Crippen molar-refractivity contribution in [2.45, 2.75) is 25.0 Å². The van der Waals surface area contributed by atoms with Gasteiger partial charge in [0.2, 0.25) is 0 Å². The largest absolute Gasteiger partial charge is 0.488 e. The highest BCUT2D eigenvalue weighted by atomic mass is 19.1. The van der Waals surface area contributed by atoms with E-state index in [0.717, 1.165) is 6.07 Å². The molecule has 2 aromatic rings. The molecule has 0 radical (unpaired) electrons. The summed E-state index contributed by atoms with van der Waals surface area (Å²) in [6.45, 7) is 0.905. The number of nitriles is 1. The standard InChI is InChI=1S/C22H20F2N2O3/c23-16-2-4-17(5-3-16)29-21-9-15-12-26(11-14(15)8-20(21)27)22(28)18-6-1-13(10-25)7-19(18)24/h1-7,14-15,20-21,27H,8-9,11-12H2/t14-,15+,20+,21+/m0/s1. The van der Waals surface area contributed by atoms with Crippen LogP contribution in [-0.4, -0.2) is 41.2 Å².